The first kappa shape index (κ1) is 36.1. The number of rotatable bonds is 7. The fraction of sp³-hybridized carbons (Fsp3) is 0.917. The molecule has 13 heteroatoms. The minimum absolute atomic E-state index is 0.0579. The third-order valence-corrected chi connectivity index (χ3v) is 14.4. The molecule has 4 saturated carbocycles. The minimum Gasteiger partial charge on any atom is -0.458 e. The number of ether oxygens (including phenoxy) is 6. The van der Waals surface area contributed by atoms with Crippen LogP contribution in [-0.4, -0.2) is 130 Å². The van der Waals surface area contributed by atoms with Gasteiger partial charge in [-0.2, -0.15) is 0 Å². The fourth-order valence-corrected chi connectivity index (χ4v) is 11.6. The molecule has 0 amide bonds. The first-order valence-electron chi connectivity index (χ1n) is 18.3. The van der Waals surface area contributed by atoms with E-state index in [1.165, 1.54) is 7.11 Å². The summed E-state index contributed by atoms with van der Waals surface area (Å²) in [5.74, 6) is 0.909. The van der Waals surface area contributed by atoms with E-state index in [0.29, 0.717) is 18.4 Å². The van der Waals surface area contributed by atoms with Gasteiger partial charge in [-0.1, -0.05) is 13.8 Å². The van der Waals surface area contributed by atoms with Crippen LogP contribution in [0.15, 0.2) is 11.6 Å². The van der Waals surface area contributed by atoms with E-state index in [1.807, 2.05) is 0 Å². The molecule has 6 fully saturated rings. The smallest absolute Gasteiger partial charge is 0.331 e. The Morgan fingerprint density at radius 3 is 2.31 bits per heavy atom. The molecule has 2 saturated heterocycles. The van der Waals surface area contributed by atoms with E-state index in [2.05, 4.69) is 13.8 Å². The van der Waals surface area contributed by atoms with E-state index in [0.717, 1.165) is 63.4 Å². The van der Waals surface area contributed by atoms with Crippen LogP contribution in [0.25, 0.3) is 0 Å². The molecule has 3 aliphatic heterocycles. The Hall–Kier alpha value is -1.23. The number of fused-ring (bicyclic) bond motifs is 5. The van der Waals surface area contributed by atoms with E-state index in [4.69, 9.17) is 28.4 Å². The largest absolute Gasteiger partial charge is 0.458 e. The van der Waals surface area contributed by atoms with Gasteiger partial charge in [-0.3, -0.25) is 0 Å². The molecule has 6 N–H and O–H groups in total. The van der Waals surface area contributed by atoms with Crippen molar-refractivity contribution < 1.29 is 63.9 Å². The van der Waals surface area contributed by atoms with Crippen LogP contribution in [0, 0.1) is 34.5 Å². The second-order valence-electron chi connectivity index (χ2n) is 16.5. The number of aliphatic hydroxyl groups excluding tert-OH is 5. The molecule has 0 aromatic rings. The van der Waals surface area contributed by atoms with E-state index < -0.39 is 73.6 Å². The lowest BCUT2D eigenvalue weighted by Crippen LogP contribution is -2.64. The molecular weight excluding hydrogens is 640 g/mol. The first-order valence-corrected chi connectivity index (χ1v) is 18.3. The number of carbonyl (C=O) groups excluding carboxylic acids is 1. The highest BCUT2D eigenvalue weighted by atomic mass is 16.7. The normalized spacial score (nSPS) is 54.4. The van der Waals surface area contributed by atoms with Crippen molar-refractivity contribution in [3.05, 3.63) is 11.6 Å². The monoisotopic (exact) mass is 696 g/mol. The van der Waals surface area contributed by atoms with Crippen LogP contribution in [0.3, 0.4) is 0 Å². The SMILES string of the molecule is CO[C@@H]1[C@@H](O)[C@H](O[C@H]2CC[C@@]3(C)[C@H](CC[C@@H]4[C@@H]3CC[C@]3(C)[C@H](C5=CC(=O)OC5)CC[C@]43O)C2)O[C@H](C)[C@@H]1O[C@@H]1O[C@H](CO)[C@@H](O)[C@H](O)[C@H]1O. The highest BCUT2D eigenvalue weighted by Gasteiger charge is 2.68. The van der Waals surface area contributed by atoms with Crippen molar-refractivity contribution in [1.82, 2.24) is 0 Å². The summed E-state index contributed by atoms with van der Waals surface area (Å²) in [5.41, 5.74) is 0.0599. The predicted molar refractivity (Wildman–Crippen MR) is 170 cm³/mol. The van der Waals surface area contributed by atoms with Crippen molar-refractivity contribution in [2.75, 3.05) is 20.3 Å². The predicted octanol–water partition coefficient (Wildman–Crippen LogP) is 0.934. The Labute approximate surface area is 287 Å². The quantitative estimate of drug-likeness (QED) is 0.163. The van der Waals surface area contributed by atoms with Gasteiger partial charge < -0.3 is 59.1 Å². The van der Waals surface area contributed by atoms with Crippen LogP contribution in [0.2, 0.25) is 0 Å². The lowest BCUT2D eigenvalue weighted by atomic mass is 9.43. The van der Waals surface area contributed by atoms with Crippen molar-refractivity contribution in [3.8, 4) is 0 Å². The van der Waals surface area contributed by atoms with Gasteiger partial charge in [-0.05, 0) is 99.4 Å². The molecule has 7 aliphatic rings. The minimum atomic E-state index is -1.60. The summed E-state index contributed by atoms with van der Waals surface area (Å²) >= 11 is 0. The number of hydrogen-bond acceptors (Lipinski definition) is 13. The van der Waals surface area contributed by atoms with Crippen molar-refractivity contribution in [3.63, 3.8) is 0 Å². The number of carbonyl (C=O) groups is 1. The second-order valence-corrected chi connectivity index (χ2v) is 16.5. The summed E-state index contributed by atoms with van der Waals surface area (Å²) in [4.78, 5) is 11.9. The molecular formula is C36H56O13. The van der Waals surface area contributed by atoms with E-state index >= 15 is 0 Å². The van der Waals surface area contributed by atoms with Gasteiger partial charge in [0.25, 0.3) is 0 Å². The molecule has 0 radical (unpaired) electrons. The van der Waals surface area contributed by atoms with E-state index in [9.17, 15) is 35.4 Å². The molecule has 7 rings (SSSR count). The summed E-state index contributed by atoms with van der Waals surface area (Å²) in [6.45, 7) is 6.15. The summed E-state index contributed by atoms with van der Waals surface area (Å²) in [5, 5.41) is 64.3. The van der Waals surface area contributed by atoms with Gasteiger partial charge in [-0.15, -0.1) is 0 Å². The van der Waals surface area contributed by atoms with Gasteiger partial charge in [0.05, 0.1) is 24.4 Å². The Morgan fingerprint density at radius 2 is 1.61 bits per heavy atom. The maximum absolute atomic E-state index is 12.5. The van der Waals surface area contributed by atoms with E-state index in [1.54, 1.807) is 13.0 Å². The van der Waals surface area contributed by atoms with Crippen LogP contribution in [-0.2, 0) is 33.2 Å². The summed E-state index contributed by atoms with van der Waals surface area (Å²) in [6.07, 6.45) is -2.30. The highest BCUT2D eigenvalue weighted by molar-refractivity contribution is 5.85. The number of methoxy groups -OCH3 is 1. The Balaban J connectivity index is 0.990. The maximum Gasteiger partial charge on any atom is 0.331 e. The average molecular weight is 697 g/mol. The van der Waals surface area contributed by atoms with Crippen LogP contribution < -0.4 is 0 Å². The van der Waals surface area contributed by atoms with Gasteiger partial charge in [0.2, 0.25) is 0 Å². The number of esters is 1. The molecule has 49 heavy (non-hydrogen) atoms. The molecule has 0 bridgehead atoms. The lowest BCUT2D eigenvalue weighted by Gasteiger charge is -2.64. The third-order valence-electron chi connectivity index (χ3n) is 14.4. The van der Waals surface area contributed by atoms with Crippen molar-refractivity contribution in [2.24, 2.45) is 34.5 Å². The second kappa shape index (κ2) is 13.3. The fourth-order valence-electron chi connectivity index (χ4n) is 11.6. The zero-order valence-electron chi connectivity index (χ0n) is 29.1. The van der Waals surface area contributed by atoms with Gasteiger partial charge in [-0.25, -0.2) is 4.79 Å². The number of cyclic esters (lactones) is 1. The molecule has 4 aliphatic carbocycles. The highest BCUT2D eigenvalue weighted by Crippen LogP contribution is 2.70. The number of aliphatic hydroxyl groups is 6. The molecule has 0 unspecified atom stereocenters. The summed E-state index contributed by atoms with van der Waals surface area (Å²) in [6, 6.07) is 0. The van der Waals surface area contributed by atoms with Gasteiger partial charge in [0.15, 0.2) is 12.6 Å². The van der Waals surface area contributed by atoms with Crippen molar-refractivity contribution in [2.45, 2.75) is 152 Å². The van der Waals surface area contributed by atoms with Crippen molar-refractivity contribution in [1.29, 1.82) is 0 Å². The summed E-state index contributed by atoms with van der Waals surface area (Å²) in [7, 11) is 1.44. The average Bonchev–Trinajstić information content (AvgIpc) is 3.62. The Morgan fingerprint density at radius 1 is 0.857 bits per heavy atom. The first-order chi connectivity index (χ1) is 23.3. The van der Waals surface area contributed by atoms with Crippen LogP contribution >= 0.6 is 0 Å². The lowest BCUT2D eigenvalue weighted by molar-refractivity contribution is -0.362. The molecule has 0 aromatic carbocycles. The zero-order chi connectivity index (χ0) is 35.0. The van der Waals surface area contributed by atoms with Crippen LogP contribution in [0.1, 0.15) is 78.6 Å². The van der Waals surface area contributed by atoms with Crippen LogP contribution in [0.4, 0.5) is 0 Å². The van der Waals surface area contributed by atoms with Gasteiger partial charge in [0, 0.05) is 18.6 Å². The Kier molecular flexibility index (Phi) is 9.82. The van der Waals surface area contributed by atoms with Crippen LogP contribution in [0.5, 0.6) is 0 Å². The number of hydrogen-bond donors (Lipinski definition) is 6. The molecule has 3 heterocycles. The summed E-state index contributed by atoms with van der Waals surface area (Å²) < 4.78 is 35.1. The van der Waals surface area contributed by atoms with Gasteiger partial charge in [0.1, 0.15) is 49.3 Å². The molecule has 0 aromatic heterocycles. The zero-order valence-corrected chi connectivity index (χ0v) is 29.1. The molecule has 13 nitrogen and oxygen atoms in total. The maximum atomic E-state index is 12.5. The topological polar surface area (TPSA) is 194 Å². The van der Waals surface area contributed by atoms with E-state index in [-0.39, 0.29) is 34.7 Å². The van der Waals surface area contributed by atoms with Crippen molar-refractivity contribution >= 4 is 5.97 Å². The molecule has 278 valence electrons. The molecule has 0 spiro atoms. The van der Waals surface area contributed by atoms with Gasteiger partial charge >= 0.3 is 5.97 Å². The standard InChI is InChI=1S/C36H56O13/c1-17-30(49-32-28(41)27(40)26(39)24(15-37)48-32)31(44-4)29(42)33(46-17)47-20-7-10-34(2)19(14-20)5-6-23-22(34)8-11-35(3)21(9-12-36(23,35)43)18-13-25(38)45-16-18/h13,17,19-24,26-33,37,39-43H,5-12,14-16H2,1-4H3/t17-,19-,20+,21+,22+,23-,24-,26-,27+,28-,29-,30+,31-,32+,33+,34+,35-,36+/m1/s1. The Bertz CT molecular complexity index is 1260. The third kappa shape index (κ3) is 5.74. The molecule has 18 atom stereocenters.